The van der Waals surface area contributed by atoms with Crippen LogP contribution >= 0.6 is 0 Å². The van der Waals surface area contributed by atoms with Crippen LogP contribution in [0.2, 0.25) is 0 Å². The van der Waals surface area contributed by atoms with Crippen LogP contribution in [0.5, 0.6) is 0 Å². The van der Waals surface area contributed by atoms with Crippen LogP contribution < -0.4 is 5.56 Å². The number of hydrogen-bond acceptors (Lipinski definition) is 3. The molecule has 0 bridgehead atoms. The number of pyridine rings is 1. The first kappa shape index (κ1) is 14.6. The third-order valence-corrected chi connectivity index (χ3v) is 4.11. The number of hydrogen-bond donors (Lipinski definition) is 1. The summed E-state index contributed by atoms with van der Waals surface area (Å²) < 4.78 is 2.04. The SMILES string of the molecule is Cc1cn(C)c([C@H]2CCCN(C(=O)c3cccc(=O)[nH]3)C2)n1. The van der Waals surface area contributed by atoms with Crippen LogP contribution in [-0.4, -0.2) is 38.4 Å². The number of nitrogens with zero attached hydrogens (tertiary/aromatic N) is 3. The number of amides is 1. The number of likely N-dealkylation sites (tertiary alicyclic amines) is 1. The molecule has 6 heteroatoms. The van der Waals surface area contributed by atoms with Crippen molar-refractivity contribution in [3.63, 3.8) is 0 Å². The molecule has 3 heterocycles. The summed E-state index contributed by atoms with van der Waals surface area (Å²) in [5.74, 6) is 1.15. The molecule has 1 fully saturated rings. The first-order valence-corrected chi connectivity index (χ1v) is 7.53. The van der Waals surface area contributed by atoms with Gasteiger partial charge in [-0.2, -0.15) is 0 Å². The molecule has 0 aromatic carbocycles. The van der Waals surface area contributed by atoms with Crippen LogP contribution in [0.1, 0.15) is 40.8 Å². The molecule has 1 aliphatic rings. The van der Waals surface area contributed by atoms with Gasteiger partial charge in [0.15, 0.2) is 0 Å². The van der Waals surface area contributed by atoms with E-state index in [1.165, 1.54) is 6.07 Å². The van der Waals surface area contributed by atoms with Gasteiger partial charge in [0.05, 0.1) is 5.69 Å². The number of carbonyl (C=O) groups is 1. The maximum Gasteiger partial charge on any atom is 0.270 e. The minimum atomic E-state index is -0.251. The molecule has 2 aromatic heterocycles. The standard InChI is InChI=1S/C16H20N4O2/c1-11-9-19(2)15(17-11)12-5-4-8-20(10-12)16(22)13-6-3-7-14(21)18-13/h3,6-7,9,12H,4-5,8,10H2,1-2H3,(H,18,21)/t12-/m0/s1. The minimum Gasteiger partial charge on any atom is -0.337 e. The molecule has 1 N–H and O–H groups in total. The number of H-pyrrole nitrogens is 1. The highest BCUT2D eigenvalue weighted by molar-refractivity contribution is 5.92. The number of aryl methyl sites for hydroxylation is 2. The fraction of sp³-hybridized carbons (Fsp3) is 0.438. The fourth-order valence-corrected chi connectivity index (χ4v) is 3.13. The van der Waals surface area contributed by atoms with E-state index in [1.807, 2.05) is 29.6 Å². The summed E-state index contributed by atoms with van der Waals surface area (Å²) in [6.45, 7) is 3.33. The summed E-state index contributed by atoms with van der Waals surface area (Å²) in [5, 5.41) is 0. The van der Waals surface area contributed by atoms with Crippen molar-refractivity contribution < 1.29 is 4.79 Å². The molecule has 22 heavy (non-hydrogen) atoms. The summed E-state index contributed by atoms with van der Waals surface area (Å²) >= 11 is 0. The second kappa shape index (κ2) is 5.79. The lowest BCUT2D eigenvalue weighted by atomic mass is 9.97. The van der Waals surface area contributed by atoms with E-state index >= 15 is 0 Å². The topological polar surface area (TPSA) is 71.0 Å². The second-order valence-corrected chi connectivity index (χ2v) is 5.87. The molecule has 0 spiro atoms. The van der Waals surface area contributed by atoms with Crippen molar-refractivity contribution >= 4 is 5.91 Å². The number of rotatable bonds is 2. The van der Waals surface area contributed by atoms with Crippen LogP contribution in [0.3, 0.4) is 0 Å². The zero-order chi connectivity index (χ0) is 15.7. The van der Waals surface area contributed by atoms with E-state index in [4.69, 9.17) is 0 Å². The fourth-order valence-electron chi connectivity index (χ4n) is 3.13. The van der Waals surface area contributed by atoms with E-state index in [1.54, 1.807) is 12.1 Å². The van der Waals surface area contributed by atoms with Gasteiger partial charge in [0.1, 0.15) is 11.5 Å². The Morgan fingerprint density at radius 1 is 1.41 bits per heavy atom. The maximum atomic E-state index is 12.5. The number of nitrogens with one attached hydrogen (secondary N) is 1. The van der Waals surface area contributed by atoms with E-state index in [-0.39, 0.29) is 17.4 Å². The van der Waals surface area contributed by atoms with E-state index in [9.17, 15) is 9.59 Å². The number of piperidine rings is 1. The molecule has 1 amide bonds. The van der Waals surface area contributed by atoms with E-state index in [0.717, 1.165) is 30.9 Å². The first-order chi connectivity index (χ1) is 10.5. The molecule has 1 saturated heterocycles. The van der Waals surface area contributed by atoms with Gasteiger partial charge in [-0.05, 0) is 25.8 Å². The van der Waals surface area contributed by atoms with Crippen LogP contribution in [0.25, 0.3) is 0 Å². The summed E-state index contributed by atoms with van der Waals surface area (Å²) in [7, 11) is 1.99. The van der Waals surface area contributed by atoms with E-state index in [2.05, 4.69) is 9.97 Å². The second-order valence-electron chi connectivity index (χ2n) is 5.87. The molecule has 0 saturated carbocycles. The molecule has 1 atom stereocenters. The van der Waals surface area contributed by atoms with Crippen LogP contribution in [0.4, 0.5) is 0 Å². The van der Waals surface area contributed by atoms with Crippen molar-refractivity contribution in [1.29, 1.82) is 0 Å². The van der Waals surface area contributed by atoms with Gasteiger partial charge in [-0.25, -0.2) is 4.98 Å². The van der Waals surface area contributed by atoms with Crippen LogP contribution in [0.15, 0.2) is 29.2 Å². The van der Waals surface area contributed by atoms with Crippen molar-refractivity contribution in [2.24, 2.45) is 7.05 Å². The van der Waals surface area contributed by atoms with Gasteiger partial charge < -0.3 is 14.5 Å². The number of aromatic amines is 1. The molecule has 0 radical (unpaired) electrons. The predicted octanol–water partition coefficient (Wildman–Crippen LogP) is 1.44. The van der Waals surface area contributed by atoms with Gasteiger partial charge in [0, 0.05) is 38.3 Å². The maximum absolute atomic E-state index is 12.5. The lowest BCUT2D eigenvalue weighted by Crippen LogP contribution is -2.40. The third kappa shape index (κ3) is 2.81. The number of imidazole rings is 1. The van der Waals surface area contributed by atoms with Crippen molar-refractivity contribution in [2.75, 3.05) is 13.1 Å². The summed E-state index contributed by atoms with van der Waals surface area (Å²) in [6, 6.07) is 4.67. The van der Waals surface area contributed by atoms with Gasteiger partial charge in [-0.3, -0.25) is 9.59 Å². The van der Waals surface area contributed by atoms with Gasteiger partial charge in [0.2, 0.25) is 5.56 Å². The third-order valence-electron chi connectivity index (χ3n) is 4.11. The molecule has 116 valence electrons. The minimum absolute atomic E-state index is 0.117. The average Bonchev–Trinajstić information content (AvgIpc) is 2.85. The highest BCUT2D eigenvalue weighted by atomic mass is 16.2. The zero-order valence-corrected chi connectivity index (χ0v) is 12.9. The van der Waals surface area contributed by atoms with E-state index in [0.29, 0.717) is 12.2 Å². The van der Waals surface area contributed by atoms with Crippen LogP contribution in [0, 0.1) is 6.92 Å². The van der Waals surface area contributed by atoms with Gasteiger partial charge >= 0.3 is 0 Å². The van der Waals surface area contributed by atoms with Crippen LogP contribution in [-0.2, 0) is 7.05 Å². The number of aromatic nitrogens is 3. The Bertz CT molecular complexity index is 747. The molecule has 6 nitrogen and oxygen atoms in total. The normalized spacial score (nSPS) is 18.5. The predicted molar refractivity (Wildman–Crippen MR) is 82.9 cm³/mol. The number of carbonyl (C=O) groups excluding carboxylic acids is 1. The largest absolute Gasteiger partial charge is 0.337 e. The lowest BCUT2D eigenvalue weighted by molar-refractivity contribution is 0.0697. The van der Waals surface area contributed by atoms with Gasteiger partial charge in [0.25, 0.3) is 5.91 Å². The Morgan fingerprint density at radius 3 is 2.91 bits per heavy atom. The average molecular weight is 300 g/mol. The summed E-state index contributed by atoms with van der Waals surface area (Å²) in [6.07, 6.45) is 3.98. The van der Waals surface area contributed by atoms with E-state index < -0.39 is 0 Å². The Morgan fingerprint density at radius 2 is 2.23 bits per heavy atom. The first-order valence-electron chi connectivity index (χ1n) is 7.53. The Hall–Kier alpha value is -2.37. The Balaban J connectivity index is 1.80. The highest BCUT2D eigenvalue weighted by Crippen LogP contribution is 2.26. The molecule has 0 unspecified atom stereocenters. The Kier molecular flexibility index (Phi) is 3.83. The van der Waals surface area contributed by atoms with Crippen molar-refractivity contribution in [3.05, 3.63) is 52.0 Å². The quantitative estimate of drug-likeness (QED) is 0.912. The highest BCUT2D eigenvalue weighted by Gasteiger charge is 2.28. The van der Waals surface area contributed by atoms with Gasteiger partial charge in [-0.1, -0.05) is 6.07 Å². The lowest BCUT2D eigenvalue weighted by Gasteiger charge is -2.32. The Labute approximate surface area is 128 Å². The molecule has 3 rings (SSSR count). The molecule has 1 aliphatic heterocycles. The summed E-state index contributed by atoms with van der Waals surface area (Å²) in [4.78, 5) is 32.9. The zero-order valence-electron chi connectivity index (χ0n) is 12.9. The molecular formula is C16H20N4O2. The van der Waals surface area contributed by atoms with Gasteiger partial charge in [-0.15, -0.1) is 0 Å². The van der Waals surface area contributed by atoms with Crippen molar-refractivity contribution in [2.45, 2.75) is 25.7 Å². The monoisotopic (exact) mass is 300 g/mol. The molecule has 0 aliphatic carbocycles. The molecular weight excluding hydrogens is 280 g/mol. The smallest absolute Gasteiger partial charge is 0.270 e. The van der Waals surface area contributed by atoms with Crippen molar-refractivity contribution in [1.82, 2.24) is 19.4 Å². The molecule has 2 aromatic rings. The van der Waals surface area contributed by atoms with Crippen molar-refractivity contribution in [3.8, 4) is 0 Å². The summed E-state index contributed by atoms with van der Waals surface area (Å²) in [5.41, 5.74) is 1.09.